The molecule has 0 heterocycles. The quantitative estimate of drug-likeness (QED) is 0.171. The zero-order chi connectivity index (χ0) is 33.7. The summed E-state index contributed by atoms with van der Waals surface area (Å²) in [5, 5.41) is 0. The molecule has 0 radical (unpaired) electrons. The molecule has 0 spiro atoms. The molecule has 2 atom stereocenters. The van der Waals surface area contributed by atoms with E-state index in [9.17, 15) is 0 Å². The second-order valence-electron chi connectivity index (χ2n) is 18.2. The molecular weight excluding hydrogens is 735 g/mol. The molecule has 4 aromatic carbocycles. The molecule has 46 heavy (non-hydrogen) atoms. The van der Waals surface area contributed by atoms with Crippen molar-refractivity contribution in [2.75, 3.05) is 0 Å². The molecule has 4 aromatic rings. The van der Waals surface area contributed by atoms with Crippen molar-refractivity contribution in [2.24, 2.45) is 0 Å². The van der Waals surface area contributed by atoms with Gasteiger partial charge in [0.15, 0.2) is 0 Å². The molecule has 0 N–H and O–H groups in total. The maximum atomic E-state index is 2.86. The van der Waals surface area contributed by atoms with Gasteiger partial charge in [0.25, 0.3) is 0 Å². The summed E-state index contributed by atoms with van der Waals surface area (Å²) in [6.45, 7) is 25.9. The third-order valence-corrected chi connectivity index (χ3v) is 78.5. The Balaban J connectivity index is 1.62. The predicted octanol–water partition coefficient (Wildman–Crippen LogP) is 12.6. The molecule has 2 aliphatic rings. The third-order valence-electron chi connectivity index (χ3n) is 15.3. The van der Waals surface area contributed by atoms with Crippen LogP contribution in [0.5, 0.6) is 0 Å². The number of hydrogen-bond acceptors (Lipinski definition) is 0. The molecule has 2 unspecified atom stereocenters. The fourth-order valence-electron chi connectivity index (χ4n) is 10.0. The van der Waals surface area contributed by atoms with Crippen LogP contribution < -0.4 is 0 Å². The number of aryl methyl sites for hydroxylation is 4. The molecule has 2 aliphatic carbocycles. The van der Waals surface area contributed by atoms with Gasteiger partial charge in [-0.25, -0.2) is 0 Å². The van der Waals surface area contributed by atoms with E-state index in [1.165, 1.54) is 86.2 Å². The van der Waals surface area contributed by atoms with Gasteiger partial charge in [-0.1, -0.05) is 0 Å². The Kier molecular flexibility index (Phi) is 7.07. The molecule has 0 aliphatic heterocycles. The van der Waals surface area contributed by atoms with Crippen LogP contribution in [0.15, 0.2) is 60.7 Å². The van der Waals surface area contributed by atoms with E-state index in [2.05, 4.69) is 158 Å². The number of rotatable bonds is 6. The van der Waals surface area contributed by atoms with E-state index in [1.54, 1.807) is 11.1 Å². The zero-order valence-electron chi connectivity index (χ0n) is 30.7. The van der Waals surface area contributed by atoms with E-state index in [0.29, 0.717) is 7.35 Å². The van der Waals surface area contributed by atoms with Gasteiger partial charge in [0, 0.05) is 0 Å². The van der Waals surface area contributed by atoms with Crippen molar-refractivity contribution in [3.05, 3.63) is 127 Å². The summed E-state index contributed by atoms with van der Waals surface area (Å²) in [6.07, 6.45) is 10.4. The van der Waals surface area contributed by atoms with Gasteiger partial charge < -0.3 is 0 Å². The van der Waals surface area contributed by atoms with E-state index < -0.39 is 14.2 Å². The SMILES string of the molecule is C[CH2][Hf]([CH3])([CH3])(=[SiH2])([CH2]C)([CH]1C=Cc2c(-c3c(C)c(C)cc(C)c3C)cccc21)[CH]1C=Cc2c(-c3c(C)c(C)cc(C)c3C)cccc21. The first-order chi connectivity index (χ1) is 21.4. The predicted molar refractivity (Wildman–Crippen MR) is 206 cm³/mol. The second-order valence-corrected chi connectivity index (χ2v) is 96.7. The van der Waals surface area contributed by atoms with Crippen LogP contribution in [0.3, 0.4) is 0 Å². The van der Waals surface area contributed by atoms with E-state index in [4.69, 9.17) is 0 Å². The van der Waals surface area contributed by atoms with Crippen LogP contribution >= 0.6 is 0 Å². The minimum atomic E-state index is -4.97. The standard InChI is InChI=1S/2C19H19.2C2H5.2CH3.Hf.H2Si/c2*1-12-11-13(2)15(4)19(14(12)3)18-10-6-8-16-7-5-9-17(16)18;2*1-2;;;;/h2*5-11H,1-4H3;2*1H2,2H3;2*1H3;;1H2. The van der Waals surface area contributed by atoms with Crippen LogP contribution in [0.2, 0.25) is 17.7 Å². The summed E-state index contributed by atoms with van der Waals surface area (Å²) in [5.74, 6) is 0. The van der Waals surface area contributed by atoms with Crippen molar-refractivity contribution in [1.29, 1.82) is 0 Å². The van der Waals surface area contributed by atoms with Crippen LogP contribution in [0, 0.1) is 55.4 Å². The minimum absolute atomic E-state index is 0.424. The molecule has 2 heteroatoms. The van der Waals surface area contributed by atoms with Gasteiger partial charge in [0.05, 0.1) is 0 Å². The first-order valence-electron chi connectivity index (χ1n) is 17.7. The normalized spacial score (nSPS) is 19.3. The molecule has 6 rings (SSSR count). The topological polar surface area (TPSA) is 0 Å². The Morgan fingerprint density at radius 2 is 0.870 bits per heavy atom. The summed E-state index contributed by atoms with van der Waals surface area (Å²) in [5.41, 5.74) is 22.9. The molecule has 0 amide bonds. The Hall–Kier alpha value is -2.55. The Morgan fingerprint density at radius 3 is 1.17 bits per heavy atom. The molecule has 0 nitrogen and oxygen atoms in total. The second kappa shape index (κ2) is 9.76. The Morgan fingerprint density at radius 1 is 0.543 bits per heavy atom. The van der Waals surface area contributed by atoms with Gasteiger partial charge in [-0.3, -0.25) is 0 Å². The van der Waals surface area contributed by atoms with Crippen molar-refractivity contribution < 1.29 is 14.2 Å². The number of hydrogen-bond donors (Lipinski definition) is 0. The van der Waals surface area contributed by atoms with Crippen molar-refractivity contribution in [3.63, 3.8) is 0 Å². The van der Waals surface area contributed by atoms with E-state index >= 15 is 0 Å². The first-order valence-corrected chi connectivity index (χ1v) is 42.4. The number of benzene rings is 4. The van der Waals surface area contributed by atoms with Gasteiger partial charge in [-0.15, -0.1) is 0 Å². The molecule has 0 fully saturated rings. The zero-order valence-corrected chi connectivity index (χ0v) is 35.7. The number of allylic oxidation sites excluding steroid dienone is 2. The monoisotopic (exact) mass is 792 g/mol. The van der Waals surface area contributed by atoms with Crippen LogP contribution in [0.25, 0.3) is 34.4 Å². The molecule has 0 aromatic heterocycles. The fourth-order valence-corrected chi connectivity index (χ4v) is 44.9. The third kappa shape index (κ3) is 4.17. The van der Waals surface area contributed by atoms with Gasteiger partial charge in [-0.2, -0.15) is 0 Å². The molecule has 0 saturated heterocycles. The number of fused-ring (bicyclic) bond motifs is 2. The van der Waals surface area contributed by atoms with Crippen LogP contribution in [0.1, 0.15) is 88.0 Å². The van der Waals surface area contributed by atoms with Gasteiger partial charge in [-0.05, 0) is 0 Å². The van der Waals surface area contributed by atoms with Gasteiger partial charge >= 0.3 is 277 Å². The summed E-state index contributed by atoms with van der Waals surface area (Å²) in [4.78, 5) is 0. The first kappa shape index (κ1) is 33.4. The van der Waals surface area contributed by atoms with Crippen molar-refractivity contribution in [3.8, 4) is 22.3 Å². The Bertz CT molecular complexity index is 1990. The summed E-state index contributed by atoms with van der Waals surface area (Å²) in [7, 11) is 0. The van der Waals surface area contributed by atoms with Crippen molar-refractivity contribution >= 4 is 19.1 Å². The van der Waals surface area contributed by atoms with Crippen LogP contribution in [0.4, 0.5) is 0 Å². The van der Waals surface area contributed by atoms with Crippen LogP contribution in [-0.2, 0) is 14.2 Å². The molecular formula is C44H56HfSi. The Labute approximate surface area is 275 Å². The molecule has 240 valence electrons. The summed E-state index contributed by atoms with van der Waals surface area (Å²) < 4.78 is 9.03. The molecule has 0 saturated carbocycles. The van der Waals surface area contributed by atoms with E-state index in [-0.39, 0.29) is 0 Å². The summed E-state index contributed by atoms with van der Waals surface area (Å²) >= 11 is -4.97. The summed E-state index contributed by atoms with van der Waals surface area (Å²) in [6, 6.07) is 19.1. The van der Waals surface area contributed by atoms with Crippen molar-refractivity contribution in [1.82, 2.24) is 0 Å². The average Bonchev–Trinajstić information content (AvgIpc) is 3.68. The van der Waals surface area contributed by atoms with E-state index in [1.807, 2.05) is 0 Å². The van der Waals surface area contributed by atoms with Gasteiger partial charge in [0.1, 0.15) is 0 Å². The molecule has 0 bridgehead atoms. The fraction of sp³-hybridized carbons (Fsp3) is 0.364. The van der Waals surface area contributed by atoms with Gasteiger partial charge in [0.2, 0.25) is 0 Å². The van der Waals surface area contributed by atoms with Crippen LogP contribution in [-0.4, -0.2) is 6.94 Å². The van der Waals surface area contributed by atoms with Crippen molar-refractivity contribution in [2.45, 2.75) is 94.3 Å². The average molecular weight is 792 g/mol. The maximum absolute atomic E-state index is 4.97. The van der Waals surface area contributed by atoms with E-state index in [0.717, 1.165) is 0 Å².